The van der Waals surface area contributed by atoms with Crippen LogP contribution < -0.4 is 15.4 Å². The molecule has 3 rings (SSSR count). The van der Waals surface area contributed by atoms with E-state index in [4.69, 9.17) is 44.9 Å². The van der Waals surface area contributed by atoms with Gasteiger partial charge < -0.3 is 20.3 Å². The van der Waals surface area contributed by atoms with Crippen LogP contribution in [0.2, 0.25) is 15.1 Å². The van der Waals surface area contributed by atoms with Crippen molar-refractivity contribution in [2.75, 3.05) is 24.8 Å². The summed E-state index contributed by atoms with van der Waals surface area (Å²) >= 11 is 19.4. The van der Waals surface area contributed by atoms with Gasteiger partial charge in [0.05, 0.1) is 40.7 Å². The number of hydrogen-bond donors (Lipinski definition) is 3. The number of ether oxygens (including phenoxy) is 1. The van der Waals surface area contributed by atoms with E-state index in [2.05, 4.69) is 15.6 Å². The van der Waals surface area contributed by atoms with Crippen LogP contribution in [-0.4, -0.2) is 47.9 Å². The van der Waals surface area contributed by atoms with Crippen molar-refractivity contribution in [2.45, 2.75) is 25.6 Å². The first-order valence-corrected chi connectivity index (χ1v) is 13.0. The highest BCUT2D eigenvalue weighted by atomic mass is 35.5. The number of methoxy groups -OCH3 is 1. The van der Waals surface area contributed by atoms with Gasteiger partial charge in [-0.05, 0) is 23.6 Å². The predicted molar refractivity (Wildman–Crippen MR) is 147 cm³/mol. The summed E-state index contributed by atoms with van der Waals surface area (Å²) in [5, 5.41) is 15.3. The average molecular weight is 623 g/mol. The van der Waals surface area contributed by atoms with Crippen molar-refractivity contribution in [3.8, 4) is 5.75 Å². The number of nitrogens with one attached hydrogen (secondary N) is 3. The Labute approximate surface area is 240 Å². The van der Waals surface area contributed by atoms with Crippen LogP contribution in [0.3, 0.4) is 0 Å². The lowest BCUT2D eigenvalue weighted by Crippen LogP contribution is -2.26. The second kappa shape index (κ2) is 12.9. The van der Waals surface area contributed by atoms with Crippen LogP contribution in [0.4, 0.5) is 24.7 Å². The molecule has 1 aromatic carbocycles. The number of benzene rings is 1. The average Bonchev–Trinajstić information content (AvgIpc) is 3.23. The van der Waals surface area contributed by atoms with E-state index >= 15 is 0 Å². The Hall–Kier alpha value is -3.06. The molecule has 0 spiro atoms. The number of alkyl halides is 3. The van der Waals surface area contributed by atoms with Gasteiger partial charge in [-0.3, -0.25) is 15.0 Å². The molecule has 2 aromatic heterocycles. The largest absolute Gasteiger partial charge is 0.494 e. The molecule has 0 aliphatic carbocycles. The number of halogens is 6. The van der Waals surface area contributed by atoms with Gasteiger partial charge in [0.15, 0.2) is 0 Å². The third-order valence-electron chi connectivity index (χ3n) is 5.26. The molecule has 3 aromatic rings. The van der Waals surface area contributed by atoms with Gasteiger partial charge >= 0.3 is 6.18 Å². The quantitative estimate of drug-likeness (QED) is 0.171. The number of anilines is 2. The third-order valence-corrected chi connectivity index (χ3v) is 7.27. The molecule has 0 atom stereocenters. The SMILES string of the molecule is COc1cc(Cl)cc(C(=O)Nc2ccc(Cl)cn2)c1NC(=O)c1scc(CN(C)C(=N)CCC(F)(F)F)c1Cl. The number of carbonyl (C=O) groups excluding carboxylic acids is 2. The number of amidine groups is 1. The maximum absolute atomic E-state index is 13.2. The molecule has 0 fully saturated rings. The predicted octanol–water partition coefficient (Wildman–Crippen LogP) is 7.37. The molecule has 8 nitrogen and oxygen atoms in total. The number of carbonyl (C=O) groups is 2. The number of aromatic nitrogens is 1. The number of hydrogen-bond acceptors (Lipinski definition) is 6. The van der Waals surface area contributed by atoms with E-state index in [0.717, 1.165) is 11.3 Å². The van der Waals surface area contributed by atoms with Gasteiger partial charge in [-0.1, -0.05) is 34.8 Å². The van der Waals surface area contributed by atoms with E-state index in [-0.39, 0.29) is 50.1 Å². The Morgan fingerprint density at radius 3 is 2.46 bits per heavy atom. The van der Waals surface area contributed by atoms with E-state index in [0.29, 0.717) is 10.6 Å². The van der Waals surface area contributed by atoms with Gasteiger partial charge in [0, 0.05) is 42.9 Å². The summed E-state index contributed by atoms with van der Waals surface area (Å²) in [5.41, 5.74) is 0.451. The Balaban J connectivity index is 1.81. The Morgan fingerprint density at radius 2 is 1.85 bits per heavy atom. The highest BCUT2D eigenvalue weighted by Crippen LogP contribution is 2.35. The van der Waals surface area contributed by atoms with Gasteiger partial charge in [0.2, 0.25) is 0 Å². The first kappa shape index (κ1) is 30.5. The Kier molecular flexibility index (Phi) is 10.1. The van der Waals surface area contributed by atoms with Crippen LogP contribution in [0.1, 0.15) is 38.4 Å². The molecular formula is C24H21Cl3F3N5O3S. The van der Waals surface area contributed by atoms with Crippen molar-refractivity contribution in [1.82, 2.24) is 9.88 Å². The maximum atomic E-state index is 13.2. The smallest absolute Gasteiger partial charge is 0.389 e. The summed E-state index contributed by atoms with van der Waals surface area (Å²) in [6.45, 7) is 0.0192. The lowest BCUT2D eigenvalue weighted by molar-refractivity contribution is -0.133. The van der Waals surface area contributed by atoms with E-state index in [9.17, 15) is 22.8 Å². The van der Waals surface area contributed by atoms with Gasteiger partial charge in [0.1, 0.15) is 16.4 Å². The van der Waals surface area contributed by atoms with Crippen LogP contribution in [0, 0.1) is 5.41 Å². The van der Waals surface area contributed by atoms with Crippen LogP contribution in [0.15, 0.2) is 35.8 Å². The number of rotatable bonds is 9. The molecule has 2 heterocycles. The van der Waals surface area contributed by atoms with Crippen LogP contribution in [0.5, 0.6) is 5.75 Å². The van der Waals surface area contributed by atoms with Gasteiger partial charge in [-0.25, -0.2) is 4.98 Å². The molecule has 0 saturated carbocycles. The summed E-state index contributed by atoms with van der Waals surface area (Å²) in [6, 6.07) is 5.79. The monoisotopic (exact) mass is 621 g/mol. The molecule has 0 bridgehead atoms. The minimum atomic E-state index is -4.37. The summed E-state index contributed by atoms with van der Waals surface area (Å²) in [7, 11) is 2.80. The molecular weight excluding hydrogens is 602 g/mol. The molecule has 39 heavy (non-hydrogen) atoms. The Morgan fingerprint density at radius 1 is 1.13 bits per heavy atom. The van der Waals surface area contributed by atoms with E-state index in [1.54, 1.807) is 5.38 Å². The highest BCUT2D eigenvalue weighted by molar-refractivity contribution is 7.13. The van der Waals surface area contributed by atoms with Gasteiger partial charge in [0.25, 0.3) is 11.8 Å². The molecule has 2 amide bonds. The number of nitrogens with zero attached hydrogens (tertiary/aromatic N) is 2. The van der Waals surface area contributed by atoms with Crippen molar-refractivity contribution in [1.29, 1.82) is 5.41 Å². The summed E-state index contributed by atoms with van der Waals surface area (Å²) in [4.78, 5) is 31.7. The van der Waals surface area contributed by atoms with E-state index < -0.39 is 30.8 Å². The molecule has 3 N–H and O–H groups in total. The first-order valence-electron chi connectivity index (χ1n) is 11.0. The minimum Gasteiger partial charge on any atom is -0.494 e. The maximum Gasteiger partial charge on any atom is 0.389 e. The standard InChI is InChI=1S/C24H21Cl3F3N5O3S/c1-35(17(31)5-6-24(28,29)30)10-12-11-39-21(19(12)27)23(37)34-20-15(7-14(26)8-16(20)38-2)22(36)33-18-4-3-13(25)9-32-18/h3-4,7-9,11,31H,5-6,10H2,1-2H3,(H,34,37)(H,32,33,36). The fourth-order valence-electron chi connectivity index (χ4n) is 3.30. The normalized spacial score (nSPS) is 11.2. The van der Waals surface area contributed by atoms with Crippen molar-refractivity contribution in [2.24, 2.45) is 0 Å². The van der Waals surface area contributed by atoms with Crippen molar-refractivity contribution in [3.05, 3.63) is 66.9 Å². The third kappa shape index (κ3) is 8.21. The van der Waals surface area contributed by atoms with Crippen molar-refractivity contribution in [3.63, 3.8) is 0 Å². The highest BCUT2D eigenvalue weighted by Gasteiger charge is 2.28. The molecule has 208 valence electrons. The number of thiophene rings is 1. The lowest BCUT2D eigenvalue weighted by atomic mass is 10.1. The van der Waals surface area contributed by atoms with Crippen molar-refractivity contribution >= 4 is 75.3 Å². The van der Waals surface area contributed by atoms with Gasteiger partial charge in [-0.2, -0.15) is 13.2 Å². The molecule has 0 aliphatic heterocycles. The zero-order valence-corrected chi connectivity index (χ0v) is 23.5. The van der Waals surface area contributed by atoms with Gasteiger partial charge in [-0.15, -0.1) is 11.3 Å². The van der Waals surface area contributed by atoms with E-state index in [1.807, 2.05) is 0 Å². The van der Waals surface area contributed by atoms with Crippen LogP contribution in [0.25, 0.3) is 0 Å². The van der Waals surface area contributed by atoms with Crippen molar-refractivity contribution < 1.29 is 27.5 Å². The second-order valence-corrected chi connectivity index (χ2v) is 10.3. The molecule has 0 unspecified atom stereocenters. The molecule has 0 aliphatic rings. The fourth-order valence-corrected chi connectivity index (χ4v) is 4.86. The summed E-state index contributed by atoms with van der Waals surface area (Å²) < 4.78 is 42.8. The van der Waals surface area contributed by atoms with Crippen LogP contribution in [-0.2, 0) is 6.54 Å². The summed E-state index contributed by atoms with van der Waals surface area (Å²) in [6.07, 6.45) is -4.62. The molecule has 15 heteroatoms. The zero-order chi connectivity index (χ0) is 28.9. The van der Waals surface area contributed by atoms with E-state index in [1.165, 1.54) is 49.5 Å². The fraction of sp³-hybridized carbons (Fsp3) is 0.250. The lowest BCUT2D eigenvalue weighted by Gasteiger charge is -2.20. The second-order valence-electron chi connectivity index (χ2n) is 8.12. The Bertz CT molecular complexity index is 1380. The summed E-state index contributed by atoms with van der Waals surface area (Å²) in [5.74, 6) is -1.21. The first-order chi connectivity index (χ1) is 18.3. The zero-order valence-electron chi connectivity index (χ0n) is 20.4. The molecule has 0 radical (unpaired) electrons. The number of amides is 2. The number of pyridine rings is 1. The topological polar surface area (TPSA) is 107 Å². The molecule has 0 saturated heterocycles. The minimum absolute atomic E-state index is 0.0183. The van der Waals surface area contributed by atoms with Crippen LogP contribution >= 0.6 is 46.1 Å².